The van der Waals surface area contributed by atoms with Crippen molar-refractivity contribution in [2.45, 2.75) is 6.92 Å². The summed E-state index contributed by atoms with van der Waals surface area (Å²) in [6.45, 7) is 6.49. The summed E-state index contributed by atoms with van der Waals surface area (Å²) in [5, 5.41) is 3.92. The minimum absolute atomic E-state index is 0.773. The van der Waals surface area contributed by atoms with Gasteiger partial charge < -0.3 is 5.32 Å². The average molecular weight is 155 g/mol. The first kappa shape index (κ1) is 7.21. The number of anilines is 1. The highest BCUT2D eigenvalue weighted by Gasteiger charge is 1.92. The molecule has 0 aliphatic carbocycles. The highest BCUT2D eigenvalue weighted by molar-refractivity contribution is 7.09. The minimum Gasteiger partial charge on any atom is -0.357 e. The van der Waals surface area contributed by atoms with Crippen LogP contribution in [0.5, 0.6) is 0 Å². The van der Waals surface area contributed by atoms with Crippen molar-refractivity contribution >= 4 is 16.7 Å². The predicted molar refractivity (Wildman–Crippen MR) is 43.2 cm³/mol. The average Bonchev–Trinajstić information content (AvgIpc) is 2.34. The quantitative estimate of drug-likeness (QED) is 0.672. The van der Waals surface area contributed by atoms with Crippen LogP contribution in [0.1, 0.15) is 6.92 Å². The van der Waals surface area contributed by atoms with Crippen molar-refractivity contribution in [2.24, 2.45) is 0 Å². The van der Waals surface area contributed by atoms with Gasteiger partial charge in [0.05, 0.1) is 0 Å². The fourth-order valence-corrected chi connectivity index (χ4v) is 0.903. The first-order chi connectivity index (χ1) is 4.79. The molecule has 1 N–H and O–H groups in total. The number of nitrogens with zero attached hydrogens (tertiary/aromatic N) is 2. The molecule has 4 heteroatoms. The third-order valence-electron chi connectivity index (χ3n) is 0.903. The van der Waals surface area contributed by atoms with Crippen molar-refractivity contribution in [3.05, 3.63) is 18.5 Å². The fourth-order valence-electron chi connectivity index (χ4n) is 0.477. The highest BCUT2D eigenvalue weighted by atomic mass is 32.1. The molecule has 1 rings (SSSR count). The number of nitrogens with one attached hydrogen (secondary N) is 1. The predicted octanol–water partition coefficient (Wildman–Crippen LogP) is 1.53. The van der Waals surface area contributed by atoms with Gasteiger partial charge in [0, 0.05) is 18.1 Å². The van der Waals surface area contributed by atoms with Crippen molar-refractivity contribution in [1.82, 2.24) is 9.36 Å². The Morgan fingerprint density at radius 1 is 1.90 bits per heavy atom. The number of hydrogen-bond acceptors (Lipinski definition) is 4. The summed E-state index contributed by atoms with van der Waals surface area (Å²) in [5.41, 5.74) is 1.09. The summed E-state index contributed by atoms with van der Waals surface area (Å²) < 4.78 is 3.84. The van der Waals surface area contributed by atoms with Gasteiger partial charge in [0.25, 0.3) is 0 Å². The maximum absolute atomic E-state index is 3.94. The highest BCUT2D eigenvalue weighted by Crippen LogP contribution is 2.06. The molecule has 10 heavy (non-hydrogen) atoms. The molecule has 1 aromatic rings. The van der Waals surface area contributed by atoms with E-state index in [9.17, 15) is 0 Å². The minimum atomic E-state index is 0.773. The molecule has 0 fully saturated rings. The second-order valence-corrected chi connectivity index (χ2v) is 2.84. The van der Waals surface area contributed by atoms with E-state index in [1.54, 1.807) is 0 Å². The van der Waals surface area contributed by atoms with E-state index in [0.717, 1.165) is 17.2 Å². The maximum Gasteiger partial charge on any atom is 0.202 e. The second kappa shape index (κ2) is 3.31. The van der Waals surface area contributed by atoms with Crippen LogP contribution in [0.3, 0.4) is 0 Å². The molecule has 0 bridgehead atoms. The first-order valence-electron chi connectivity index (χ1n) is 2.94. The molecule has 0 atom stereocenters. The van der Waals surface area contributed by atoms with Gasteiger partial charge in [-0.2, -0.15) is 4.37 Å². The second-order valence-electron chi connectivity index (χ2n) is 2.06. The van der Waals surface area contributed by atoms with Crippen LogP contribution in [-0.4, -0.2) is 15.9 Å². The summed E-state index contributed by atoms with van der Waals surface area (Å²) in [7, 11) is 0. The van der Waals surface area contributed by atoms with Crippen LogP contribution < -0.4 is 5.32 Å². The van der Waals surface area contributed by atoms with E-state index in [1.807, 2.05) is 6.92 Å². The van der Waals surface area contributed by atoms with E-state index in [1.165, 1.54) is 17.9 Å². The number of rotatable bonds is 3. The van der Waals surface area contributed by atoms with Crippen molar-refractivity contribution in [1.29, 1.82) is 0 Å². The molecule has 0 amide bonds. The fraction of sp³-hybridized carbons (Fsp3) is 0.333. The van der Waals surface area contributed by atoms with Crippen LogP contribution in [0, 0.1) is 0 Å². The molecule has 0 saturated carbocycles. The molecule has 1 heterocycles. The molecule has 1 aromatic heterocycles. The third kappa shape index (κ3) is 2.14. The molecular formula is C6H9N3S. The summed E-state index contributed by atoms with van der Waals surface area (Å²) in [6.07, 6.45) is 1.53. The lowest BCUT2D eigenvalue weighted by atomic mass is 10.4. The molecule has 0 unspecified atom stereocenters. The van der Waals surface area contributed by atoms with E-state index in [-0.39, 0.29) is 0 Å². The van der Waals surface area contributed by atoms with E-state index in [2.05, 4.69) is 21.3 Å². The van der Waals surface area contributed by atoms with Crippen LogP contribution in [0.4, 0.5) is 5.13 Å². The molecule has 0 aliphatic heterocycles. The smallest absolute Gasteiger partial charge is 0.202 e. The van der Waals surface area contributed by atoms with Crippen molar-refractivity contribution in [3.63, 3.8) is 0 Å². The summed E-state index contributed by atoms with van der Waals surface area (Å²) >= 11 is 1.35. The lowest BCUT2D eigenvalue weighted by molar-refractivity contribution is 1.19. The van der Waals surface area contributed by atoms with Gasteiger partial charge in [0.2, 0.25) is 5.13 Å². The zero-order chi connectivity index (χ0) is 7.40. The van der Waals surface area contributed by atoms with Crippen LogP contribution >= 0.6 is 11.5 Å². The van der Waals surface area contributed by atoms with E-state index >= 15 is 0 Å². The molecule has 0 aromatic carbocycles. The van der Waals surface area contributed by atoms with E-state index in [4.69, 9.17) is 0 Å². The molecule has 0 aliphatic rings. The number of aromatic nitrogens is 2. The normalized spacial score (nSPS) is 9.30. The Kier molecular flexibility index (Phi) is 2.39. The summed E-state index contributed by atoms with van der Waals surface area (Å²) in [4.78, 5) is 3.94. The zero-order valence-corrected chi connectivity index (χ0v) is 6.61. The van der Waals surface area contributed by atoms with E-state index in [0.29, 0.717) is 0 Å². The van der Waals surface area contributed by atoms with Gasteiger partial charge in [-0.3, -0.25) is 0 Å². The summed E-state index contributed by atoms with van der Waals surface area (Å²) in [6, 6.07) is 0. The lowest BCUT2D eigenvalue weighted by Gasteiger charge is -1.98. The number of hydrogen-bond donors (Lipinski definition) is 1. The van der Waals surface area contributed by atoms with Gasteiger partial charge in [0.15, 0.2) is 0 Å². The van der Waals surface area contributed by atoms with Crippen molar-refractivity contribution in [3.8, 4) is 0 Å². The van der Waals surface area contributed by atoms with Crippen LogP contribution in [0.15, 0.2) is 18.5 Å². The monoisotopic (exact) mass is 155 g/mol. The molecular weight excluding hydrogens is 146 g/mol. The zero-order valence-electron chi connectivity index (χ0n) is 5.79. The Balaban J connectivity index is 2.35. The van der Waals surface area contributed by atoms with Gasteiger partial charge in [-0.1, -0.05) is 12.2 Å². The van der Waals surface area contributed by atoms with Gasteiger partial charge in [0.1, 0.15) is 6.33 Å². The van der Waals surface area contributed by atoms with Crippen LogP contribution in [-0.2, 0) is 0 Å². The van der Waals surface area contributed by atoms with E-state index < -0.39 is 0 Å². The third-order valence-corrected chi connectivity index (χ3v) is 1.53. The lowest BCUT2D eigenvalue weighted by Crippen LogP contribution is -2.00. The molecule has 54 valence electrons. The molecule has 3 nitrogen and oxygen atoms in total. The van der Waals surface area contributed by atoms with Crippen molar-refractivity contribution < 1.29 is 0 Å². The van der Waals surface area contributed by atoms with Gasteiger partial charge >= 0.3 is 0 Å². The van der Waals surface area contributed by atoms with Gasteiger partial charge in [-0.25, -0.2) is 4.98 Å². The Hall–Kier alpha value is -0.900. The van der Waals surface area contributed by atoms with Gasteiger partial charge in [-0.15, -0.1) is 0 Å². The SMILES string of the molecule is C=C(C)CNc1ncns1. The molecule has 0 spiro atoms. The van der Waals surface area contributed by atoms with Crippen LogP contribution in [0.2, 0.25) is 0 Å². The largest absolute Gasteiger partial charge is 0.357 e. The Bertz CT molecular complexity index is 205. The first-order valence-corrected chi connectivity index (χ1v) is 3.71. The Morgan fingerprint density at radius 2 is 2.70 bits per heavy atom. The maximum atomic E-state index is 3.94. The molecule has 0 saturated heterocycles. The standard InChI is InChI=1S/C6H9N3S/c1-5(2)3-7-6-8-4-9-10-6/h4H,1,3H2,2H3,(H,7,8,9). The van der Waals surface area contributed by atoms with Crippen molar-refractivity contribution in [2.75, 3.05) is 11.9 Å². The topological polar surface area (TPSA) is 37.8 Å². The Morgan fingerprint density at radius 3 is 3.20 bits per heavy atom. The van der Waals surface area contributed by atoms with Crippen LogP contribution in [0.25, 0.3) is 0 Å². The summed E-state index contributed by atoms with van der Waals surface area (Å²) in [5.74, 6) is 0. The van der Waals surface area contributed by atoms with Gasteiger partial charge in [-0.05, 0) is 6.92 Å². The Labute approximate surface area is 64.0 Å². The molecule has 0 radical (unpaired) electrons.